The van der Waals surface area contributed by atoms with Gasteiger partial charge in [0.15, 0.2) is 5.82 Å². The van der Waals surface area contributed by atoms with Crippen LogP contribution in [0.3, 0.4) is 0 Å². The van der Waals surface area contributed by atoms with Gasteiger partial charge in [0.05, 0.1) is 11.6 Å². The predicted octanol–water partition coefficient (Wildman–Crippen LogP) is 2.77. The molecule has 0 unspecified atom stereocenters. The number of aromatic nitrogens is 3. The van der Waals surface area contributed by atoms with E-state index in [1.165, 1.54) is 18.2 Å². The number of hydrogen-bond donors (Lipinski definition) is 1. The van der Waals surface area contributed by atoms with E-state index >= 15 is 0 Å². The van der Waals surface area contributed by atoms with Crippen molar-refractivity contribution in [3.63, 3.8) is 0 Å². The molecule has 5 nitrogen and oxygen atoms in total. The van der Waals surface area contributed by atoms with Crippen LogP contribution in [0.4, 0.5) is 10.3 Å². The Balaban J connectivity index is 2.54. The molecule has 2 aromatic rings. The molecule has 2 rings (SSSR count). The standard InChI is InChI=1S/C12H12ClFN4O/c1-3-19-12-17-10(16-11(15-2)18-12)8-6-7(14)4-5-9(8)13/h4-6H,3H2,1-2H3,(H,15,16,17,18). The van der Waals surface area contributed by atoms with E-state index in [1.54, 1.807) is 7.05 Å². The summed E-state index contributed by atoms with van der Waals surface area (Å²) in [5.74, 6) is 0.171. The lowest BCUT2D eigenvalue weighted by Gasteiger charge is -2.08. The number of ether oxygens (including phenoxy) is 1. The second-order valence-electron chi connectivity index (χ2n) is 3.57. The summed E-state index contributed by atoms with van der Waals surface area (Å²) >= 11 is 6.03. The minimum Gasteiger partial charge on any atom is -0.464 e. The lowest BCUT2D eigenvalue weighted by atomic mass is 10.2. The summed E-state index contributed by atoms with van der Waals surface area (Å²) in [7, 11) is 1.67. The average molecular weight is 283 g/mol. The van der Waals surface area contributed by atoms with E-state index in [0.29, 0.717) is 23.1 Å². The van der Waals surface area contributed by atoms with Gasteiger partial charge in [-0.15, -0.1) is 0 Å². The zero-order valence-corrected chi connectivity index (χ0v) is 11.2. The van der Waals surface area contributed by atoms with E-state index in [0.717, 1.165) is 0 Å². The Morgan fingerprint density at radius 2 is 2.11 bits per heavy atom. The summed E-state index contributed by atoms with van der Waals surface area (Å²) in [4.78, 5) is 12.3. The topological polar surface area (TPSA) is 59.9 Å². The van der Waals surface area contributed by atoms with Gasteiger partial charge >= 0.3 is 6.01 Å². The van der Waals surface area contributed by atoms with Crippen molar-refractivity contribution < 1.29 is 9.13 Å². The smallest absolute Gasteiger partial charge is 0.321 e. The number of hydrogen-bond acceptors (Lipinski definition) is 5. The van der Waals surface area contributed by atoms with Crippen LogP contribution in [0.5, 0.6) is 6.01 Å². The van der Waals surface area contributed by atoms with Gasteiger partial charge in [-0.25, -0.2) is 4.39 Å². The Hall–Kier alpha value is -1.95. The van der Waals surface area contributed by atoms with Gasteiger partial charge in [0.2, 0.25) is 5.95 Å². The van der Waals surface area contributed by atoms with Gasteiger partial charge in [-0.1, -0.05) is 11.6 Å². The van der Waals surface area contributed by atoms with Crippen LogP contribution in [0.2, 0.25) is 5.02 Å². The predicted molar refractivity (Wildman–Crippen MR) is 70.9 cm³/mol. The highest BCUT2D eigenvalue weighted by Crippen LogP contribution is 2.27. The molecule has 0 atom stereocenters. The summed E-state index contributed by atoms with van der Waals surface area (Å²) < 4.78 is 18.5. The van der Waals surface area contributed by atoms with Crippen LogP contribution in [-0.4, -0.2) is 28.6 Å². The summed E-state index contributed by atoms with van der Waals surface area (Å²) in [6.07, 6.45) is 0. The molecule has 19 heavy (non-hydrogen) atoms. The van der Waals surface area contributed by atoms with Crippen molar-refractivity contribution in [3.8, 4) is 17.4 Å². The van der Waals surface area contributed by atoms with Crippen molar-refractivity contribution in [1.82, 2.24) is 15.0 Å². The summed E-state index contributed by atoms with van der Waals surface area (Å²) in [5.41, 5.74) is 0.390. The van der Waals surface area contributed by atoms with Crippen LogP contribution < -0.4 is 10.1 Å². The first-order chi connectivity index (χ1) is 9.13. The number of rotatable bonds is 4. The second kappa shape index (κ2) is 5.79. The molecule has 0 aliphatic rings. The minimum atomic E-state index is -0.413. The highest BCUT2D eigenvalue weighted by atomic mass is 35.5. The fraction of sp³-hybridized carbons (Fsp3) is 0.250. The highest BCUT2D eigenvalue weighted by Gasteiger charge is 2.12. The van der Waals surface area contributed by atoms with Crippen LogP contribution in [0.1, 0.15) is 6.92 Å². The van der Waals surface area contributed by atoms with Crippen LogP contribution in [-0.2, 0) is 0 Å². The van der Waals surface area contributed by atoms with Gasteiger partial charge in [0.1, 0.15) is 5.82 Å². The molecule has 0 amide bonds. The monoisotopic (exact) mass is 282 g/mol. The number of benzene rings is 1. The fourth-order valence-corrected chi connectivity index (χ4v) is 1.65. The fourth-order valence-electron chi connectivity index (χ4n) is 1.45. The van der Waals surface area contributed by atoms with Crippen molar-refractivity contribution in [2.24, 2.45) is 0 Å². The van der Waals surface area contributed by atoms with Crippen molar-refractivity contribution in [2.75, 3.05) is 19.0 Å². The summed E-state index contributed by atoms with van der Waals surface area (Å²) in [5, 5.41) is 3.15. The molecule has 1 aromatic carbocycles. The van der Waals surface area contributed by atoms with Crippen molar-refractivity contribution in [2.45, 2.75) is 6.92 Å². The molecule has 0 spiro atoms. The van der Waals surface area contributed by atoms with Crippen LogP contribution in [0, 0.1) is 5.82 Å². The number of nitrogens with zero attached hydrogens (tertiary/aromatic N) is 3. The molecular formula is C12H12ClFN4O. The molecule has 0 radical (unpaired) electrons. The zero-order chi connectivity index (χ0) is 13.8. The quantitative estimate of drug-likeness (QED) is 0.934. The maximum absolute atomic E-state index is 13.3. The first-order valence-corrected chi connectivity index (χ1v) is 6.04. The molecule has 0 aliphatic heterocycles. The molecule has 0 saturated carbocycles. The lowest BCUT2D eigenvalue weighted by molar-refractivity contribution is 0.312. The normalized spacial score (nSPS) is 10.3. The van der Waals surface area contributed by atoms with Crippen molar-refractivity contribution in [3.05, 3.63) is 29.0 Å². The van der Waals surface area contributed by atoms with Gasteiger partial charge in [-0.3, -0.25) is 0 Å². The molecule has 0 bridgehead atoms. The van der Waals surface area contributed by atoms with Gasteiger partial charge in [-0.05, 0) is 25.1 Å². The van der Waals surface area contributed by atoms with Crippen molar-refractivity contribution >= 4 is 17.5 Å². The van der Waals surface area contributed by atoms with Gasteiger partial charge < -0.3 is 10.1 Å². The largest absolute Gasteiger partial charge is 0.464 e. The Kier molecular flexibility index (Phi) is 4.11. The molecule has 100 valence electrons. The third-order valence-electron chi connectivity index (χ3n) is 2.28. The Morgan fingerprint density at radius 1 is 1.32 bits per heavy atom. The average Bonchev–Trinajstić information content (AvgIpc) is 2.41. The molecule has 0 saturated heterocycles. The SMILES string of the molecule is CCOc1nc(NC)nc(-c2cc(F)ccc2Cl)n1. The Labute approximate surface area is 114 Å². The maximum atomic E-state index is 13.3. The summed E-state index contributed by atoms with van der Waals surface area (Å²) in [6.45, 7) is 2.24. The molecule has 7 heteroatoms. The molecule has 0 fully saturated rings. The Bertz CT molecular complexity index is 594. The van der Waals surface area contributed by atoms with E-state index in [4.69, 9.17) is 16.3 Å². The highest BCUT2D eigenvalue weighted by molar-refractivity contribution is 6.33. The number of halogens is 2. The van der Waals surface area contributed by atoms with Crippen molar-refractivity contribution in [1.29, 1.82) is 0 Å². The minimum absolute atomic E-state index is 0.164. The van der Waals surface area contributed by atoms with E-state index < -0.39 is 5.82 Å². The number of nitrogens with one attached hydrogen (secondary N) is 1. The molecule has 1 heterocycles. The van der Waals surface area contributed by atoms with Crippen LogP contribution >= 0.6 is 11.6 Å². The van der Waals surface area contributed by atoms with E-state index in [-0.39, 0.29) is 11.8 Å². The molecular weight excluding hydrogens is 271 g/mol. The number of anilines is 1. The molecule has 0 aliphatic carbocycles. The summed E-state index contributed by atoms with van der Waals surface area (Å²) in [6, 6.07) is 4.16. The van der Waals surface area contributed by atoms with E-state index in [9.17, 15) is 4.39 Å². The first-order valence-electron chi connectivity index (χ1n) is 5.66. The zero-order valence-electron chi connectivity index (χ0n) is 10.4. The maximum Gasteiger partial charge on any atom is 0.321 e. The van der Waals surface area contributed by atoms with Gasteiger partial charge in [-0.2, -0.15) is 15.0 Å². The van der Waals surface area contributed by atoms with Crippen LogP contribution in [0.25, 0.3) is 11.4 Å². The third kappa shape index (κ3) is 3.08. The molecule has 1 N–H and O–H groups in total. The third-order valence-corrected chi connectivity index (χ3v) is 2.61. The first kappa shape index (κ1) is 13.5. The lowest BCUT2D eigenvalue weighted by Crippen LogP contribution is -2.05. The Morgan fingerprint density at radius 3 is 2.79 bits per heavy atom. The van der Waals surface area contributed by atoms with Crippen LogP contribution in [0.15, 0.2) is 18.2 Å². The molecule has 1 aromatic heterocycles. The van der Waals surface area contributed by atoms with Gasteiger partial charge in [0, 0.05) is 12.6 Å². The van der Waals surface area contributed by atoms with E-state index in [2.05, 4.69) is 20.3 Å². The van der Waals surface area contributed by atoms with E-state index in [1.807, 2.05) is 6.92 Å². The second-order valence-corrected chi connectivity index (χ2v) is 3.98. The van der Waals surface area contributed by atoms with Gasteiger partial charge in [0.25, 0.3) is 0 Å².